The van der Waals surface area contributed by atoms with Gasteiger partial charge in [-0.25, -0.2) is 0 Å². The van der Waals surface area contributed by atoms with Gasteiger partial charge in [0.05, 0.1) is 25.0 Å². The Balaban J connectivity index is 1.67. The first-order valence-electron chi connectivity index (χ1n) is 9.12. The first-order valence-corrected chi connectivity index (χ1v) is 9.12. The molecule has 130 valence electrons. The molecule has 1 N–H and O–H groups in total. The van der Waals surface area contributed by atoms with E-state index in [1.807, 2.05) is 0 Å². The lowest BCUT2D eigenvalue weighted by atomic mass is 9.49. The fourth-order valence-electron chi connectivity index (χ4n) is 5.60. The van der Waals surface area contributed by atoms with Gasteiger partial charge in [-0.15, -0.1) is 0 Å². The van der Waals surface area contributed by atoms with Gasteiger partial charge in [0, 0.05) is 13.1 Å². The van der Waals surface area contributed by atoms with Crippen molar-refractivity contribution in [1.29, 1.82) is 0 Å². The van der Waals surface area contributed by atoms with Crippen LogP contribution in [0.15, 0.2) is 0 Å². The van der Waals surface area contributed by atoms with Crippen molar-refractivity contribution in [2.45, 2.75) is 51.9 Å². The van der Waals surface area contributed by atoms with E-state index in [0.29, 0.717) is 37.5 Å². The van der Waals surface area contributed by atoms with Gasteiger partial charge in [-0.3, -0.25) is 9.59 Å². The standard InChI is InChI=1S/C18H29NO4/c1-2-23-16(21)3-4-19(5-6-20)17(22)18-10-13-7-14(11-18)9-15(8-13)12-18/h13-15,20H,2-12H2,1H3. The van der Waals surface area contributed by atoms with Gasteiger partial charge in [-0.1, -0.05) is 0 Å². The molecule has 0 aromatic carbocycles. The number of ether oxygens (including phenoxy) is 1. The molecule has 4 rings (SSSR count). The van der Waals surface area contributed by atoms with E-state index in [-0.39, 0.29) is 30.3 Å². The maximum atomic E-state index is 13.2. The Bertz CT molecular complexity index is 427. The summed E-state index contributed by atoms with van der Waals surface area (Å²) in [6, 6.07) is 0. The van der Waals surface area contributed by atoms with E-state index in [4.69, 9.17) is 4.74 Å². The van der Waals surface area contributed by atoms with E-state index in [2.05, 4.69) is 0 Å². The Labute approximate surface area is 138 Å². The molecule has 0 spiro atoms. The van der Waals surface area contributed by atoms with Crippen molar-refractivity contribution in [3.63, 3.8) is 0 Å². The molecular formula is C18H29NO4. The number of hydrogen-bond donors (Lipinski definition) is 1. The average molecular weight is 323 g/mol. The second-order valence-corrected chi connectivity index (χ2v) is 7.77. The van der Waals surface area contributed by atoms with Crippen LogP contribution in [0.3, 0.4) is 0 Å². The molecule has 23 heavy (non-hydrogen) atoms. The summed E-state index contributed by atoms with van der Waals surface area (Å²) < 4.78 is 4.96. The van der Waals surface area contributed by atoms with Crippen LogP contribution in [0, 0.1) is 23.2 Å². The predicted octanol–water partition coefficient (Wildman–Crippen LogP) is 1.98. The van der Waals surface area contributed by atoms with Crippen molar-refractivity contribution >= 4 is 11.9 Å². The van der Waals surface area contributed by atoms with Crippen LogP contribution in [0.25, 0.3) is 0 Å². The van der Waals surface area contributed by atoms with Crippen LogP contribution >= 0.6 is 0 Å². The SMILES string of the molecule is CCOC(=O)CCN(CCO)C(=O)C12CC3CC(CC(C3)C1)C2. The highest BCUT2D eigenvalue weighted by Crippen LogP contribution is 2.60. The van der Waals surface area contributed by atoms with Gasteiger partial charge in [0.25, 0.3) is 0 Å². The van der Waals surface area contributed by atoms with E-state index in [9.17, 15) is 14.7 Å². The lowest BCUT2D eigenvalue weighted by molar-refractivity contribution is -0.159. The predicted molar refractivity (Wildman–Crippen MR) is 85.5 cm³/mol. The van der Waals surface area contributed by atoms with E-state index in [1.54, 1.807) is 11.8 Å². The Morgan fingerprint density at radius 3 is 2.13 bits per heavy atom. The number of hydrogen-bond acceptors (Lipinski definition) is 4. The fourth-order valence-corrected chi connectivity index (χ4v) is 5.60. The molecule has 0 aromatic rings. The first-order chi connectivity index (χ1) is 11.1. The number of carbonyl (C=O) groups excluding carboxylic acids is 2. The molecule has 0 radical (unpaired) electrons. The molecule has 4 aliphatic carbocycles. The van der Waals surface area contributed by atoms with Crippen molar-refractivity contribution in [3.8, 4) is 0 Å². The van der Waals surface area contributed by atoms with E-state index < -0.39 is 0 Å². The maximum absolute atomic E-state index is 13.2. The molecule has 4 aliphatic rings. The van der Waals surface area contributed by atoms with Crippen LogP contribution in [0.1, 0.15) is 51.9 Å². The normalized spacial score (nSPS) is 34.4. The van der Waals surface area contributed by atoms with Crippen LogP contribution in [-0.4, -0.2) is 48.2 Å². The lowest BCUT2D eigenvalue weighted by Gasteiger charge is -2.56. The highest BCUT2D eigenvalue weighted by Gasteiger charge is 2.55. The molecular weight excluding hydrogens is 294 g/mol. The number of carbonyl (C=O) groups is 2. The minimum atomic E-state index is -0.270. The number of nitrogens with zero attached hydrogens (tertiary/aromatic N) is 1. The second kappa shape index (κ2) is 6.80. The van der Waals surface area contributed by atoms with Crippen molar-refractivity contribution in [2.75, 3.05) is 26.3 Å². The van der Waals surface area contributed by atoms with E-state index in [0.717, 1.165) is 19.3 Å². The minimum Gasteiger partial charge on any atom is -0.466 e. The summed E-state index contributed by atoms with van der Waals surface area (Å²) in [5.74, 6) is 2.05. The van der Waals surface area contributed by atoms with Gasteiger partial charge >= 0.3 is 5.97 Å². The summed E-state index contributed by atoms with van der Waals surface area (Å²) in [6.45, 7) is 2.77. The lowest BCUT2D eigenvalue weighted by Crippen LogP contribution is -2.55. The summed E-state index contributed by atoms with van der Waals surface area (Å²) in [7, 11) is 0. The smallest absolute Gasteiger partial charge is 0.307 e. The summed E-state index contributed by atoms with van der Waals surface area (Å²) in [4.78, 5) is 26.5. The monoisotopic (exact) mass is 323 g/mol. The Morgan fingerprint density at radius 1 is 1.09 bits per heavy atom. The van der Waals surface area contributed by atoms with Gasteiger partial charge in [0.1, 0.15) is 0 Å². The Morgan fingerprint density at radius 2 is 1.65 bits per heavy atom. The quantitative estimate of drug-likeness (QED) is 0.728. The topological polar surface area (TPSA) is 66.8 Å². The molecule has 5 nitrogen and oxygen atoms in total. The highest BCUT2D eigenvalue weighted by molar-refractivity contribution is 5.84. The van der Waals surface area contributed by atoms with Gasteiger partial charge in [0.2, 0.25) is 5.91 Å². The molecule has 0 atom stereocenters. The average Bonchev–Trinajstić information content (AvgIpc) is 2.49. The zero-order valence-corrected chi connectivity index (χ0v) is 14.1. The van der Waals surface area contributed by atoms with Gasteiger partial charge < -0.3 is 14.7 Å². The van der Waals surface area contributed by atoms with Crippen molar-refractivity contribution < 1.29 is 19.4 Å². The second-order valence-electron chi connectivity index (χ2n) is 7.77. The third kappa shape index (κ3) is 3.39. The highest BCUT2D eigenvalue weighted by atomic mass is 16.5. The van der Waals surface area contributed by atoms with E-state index in [1.165, 1.54) is 19.3 Å². The first kappa shape index (κ1) is 16.7. The molecule has 5 heteroatoms. The number of aliphatic hydroxyl groups excluding tert-OH is 1. The Kier molecular flexibility index (Phi) is 4.95. The fraction of sp³-hybridized carbons (Fsp3) is 0.889. The number of rotatable bonds is 7. The summed E-state index contributed by atoms with van der Waals surface area (Å²) in [5.41, 5.74) is -0.210. The summed E-state index contributed by atoms with van der Waals surface area (Å²) >= 11 is 0. The molecule has 0 saturated heterocycles. The number of aliphatic hydroxyl groups is 1. The minimum absolute atomic E-state index is 0.0546. The summed E-state index contributed by atoms with van der Waals surface area (Å²) in [6.07, 6.45) is 7.16. The molecule has 0 aliphatic heterocycles. The van der Waals surface area contributed by atoms with Crippen molar-refractivity contribution in [2.24, 2.45) is 23.2 Å². The largest absolute Gasteiger partial charge is 0.466 e. The third-order valence-corrected chi connectivity index (χ3v) is 6.04. The Hall–Kier alpha value is -1.10. The molecule has 4 fully saturated rings. The van der Waals surface area contributed by atoms with Crippen LogP contribution in [0.4, 0.5) is 0 Å². The maximum Gasteiger partial charge on any atom is 0.307 e. The molecule has 1 amide bonds. The van der Waals surface area contributed by atoms with E-state index >= 15 is 0 Å². The van der Waals surface area contributed by atoms with Crippen LogP contribution in [-0.2, 0) is 14.3 Å². The van der Waals surface area contributed by atoms with Crippen molar-refractivity contribution in [1.82, 2.24) is 4.90 Å². The van der Waals surface area contributed by atoms with Gasteiger partial charge in [0.15, 0.2) is 0 Å². The van der Waals surface area contributed by atoms with Gasteiger partial charge in [-0.2, -0.15) is 0 Å². The number of esters is 1. The number of amides is 1. The van der Waals surface area contributed by atoms with Crippen LogP contribution in [0.2, 0.25) is 0 Å². The molecule has 4 saturated carbocycles. The summed E-state index contributed by atoms with van der Waals surface area (Å²) in [5, 5.41) is 9.33. The van der Waals surface area contributed by atoms with Crippen molar-refractivity contribution in [3.05, 3.63) is 0 Å². The van der Waals surface area contributed by atoms with Crippen LogP contribution < -0.4 is 0 Å². The molecule has 0 aromatic heterocycles. The van der Waals surface area contributed by atoms with Gasteiger partial charge in [-0.05, 0) is 63.2 Å². The molecule has 0 heterocycles. The molecule has 0 unspecified atom stereocenters. The zero-order valence-electron chi connectivity index (χ0n) is 14.1. The molecule has 4 bridgehead atoms. The van der Waals surface area contributed by atoms with Crippen LogP contribution in [0.5, 0.6) is 0 Å². The zero-order chi connectivity index (χ0) is 16.4. The third-order valence-electron chi connectivity index (χ3n) is 6.04.